The van der Waals surface area contributed by atoms with Crippen molar-refractivity contribution in [3.63, 3.8) is 0 Å². The first-order valence-corrected chi connectivity index (χ1v) is 14.0. The minimum absolute atomic E-state index is 0.0378. The van der Waals surface area contributed by atoms with Gasteiger partial charge in [0, 0.05) is 29.5 Å². The van der Waals surface area contributed by atoms with Crippen LogP contribution in [-0.4, -0.2) is 40.0 Å². The predicted molar refractivity (Wildman–Crippen MR) is 161 cm³/mol. The number of nitrogens with zero attached hydrogens (tertiary/aromatic N) is 2. The molecule has 1 N–H and O–H groups in total. The van der Waals surface area contributed by atoms with E-state index in [1.807, 2.05) is 61.2 Å². The molecule has 6 nitrogen and oxygen atoms in total. The number of aromatic nitrogens is 1. The van der Waals surface area contributed by atoms with Gasteiger partial charge < -0.3 is 14.4 Å². The third-order valence-electron chi connectivity index (χ3n) is 8.75. The van der Waals surface area contributed by atoms with E-state index in [1.54, 1.807) is 12.1 Å². The average molecular weight is 547 g/mol. The Labute approximate surface area is 240 Å². The van der Waals surface area contributed by atoms with E-state index in [-0.39, 0.29) is 22.3 Å². The molecule has 4 aromatic rings. The minimum Gasteiger partial charge on any atom is -0.478 e. The van der Waals surface area contributed by atoms with Crippen LogP contribution in [0, 0.1) is 24.7 Å². The Morgan fingerprint density at radius 1 is 0.976 bits per heavy atom. The lowest BCUT2D eigenvalue weighted by Crippen LogP contribution is -2.48. The van der Waals surface area contributed by atoms with Crippen LogP contribution in [0.3, 0.4) is 0 Å². The van der Waals surface area contributed by atoms with Gasteiger partial charge in [0.2, 0.25) is 5.89 Å². The molecule has 2 aliphatic rings. The number of fused-ring (bicyclic) bond motifs is 2. The minimum atomic E-state index is -0.927. The lowest BCUT2D eigenvalue weighted by Gasteiger charge is -2.50. The Morgan fingerprint density at radius 2 is 1.71 bits per heavy atom. The van der Waals surface area contributed by atoms with Crippen LogP contribution in [0.15, 0.2) is 82.8 Å². The zero-order valence-electron chi connectivity index (χ0n) is 24.1. The number of amides is 1. The molecule has 1 aromatic heterocycles. The van der Waals surface area contributed by atoms with Crippen LogP contribution in [0.4, 0.5) is 0 Å². The molecule has 208 valence electrons. The van der Waals surface area contributed by atoms with E-state index in [2.05, 4.69) is 39.0 Å². The van der Waals surface area contributed by atoms with Crippen molar-refractivity contribution in [3.8, 4) is 11.5 Å². The van der Waals surface area contributed by atoms with Crippen molar-refractivity contribution in [2.24, 2.45) is 10.8 Å². The van der Waals surface area contributed by atoms with Crippen molar-refractivity contribution in [2.75, 3.05) is 13.1 Å². The third kappa shape index (κ3) is 4.48. The molecule has 3 aromatic carbocycles. The summed E-state index contributed by atoms with van der Waals surface area (Å²) >= 11 is 0. The fraction of sp³-hybridized carbons (Fsp3) is 0.286. The molecule has 6 rings (SSSR count). The lowest BCUT2D eigenvalue weighted by atomic mass is 9.58. The van der Waals surface area contributed by atoms with E-state index < -0.39 is 5.97 Å². The molecule has 1 aliphatic carbocycles. The maximum Gasteiger partial charge on any atom is 0.335 e. The number of rotatable bonds is 4. The van der Waals surface area contributed by atoms with Gasteiger partial charge in [-0.1, -0.05) is 68.8 Å². The molecule has 41 heavy (non-hydrogen) atoms. The van der Waals surface area contributed by atoms with Crippen molar-refractivity contribution in [1.29, 1.82) is 0 Å². The quantitative estimate of drug-likeness (QED) is 0.265. The Balaban J connectivity index is 1.30. The summed E-state index contributed by atoms with van der Waals surface area (Å²) in [4.78, 5) is 32.1. The summed E-state index contributed by atoms with van der Waals surface area (Å²) in [7, 11) is 0. The van der Waals surface area contributed by atoms with Crippen LogP contribution < -0.4 is 0 Å². The number of hydrogen-bond acceptors (Lipinski definition) is 4. The molecule has 1 atom stereocenters. The number of benzene rings is 3. The van der Waals surface area contributed by atoms with Gasteiger partial charge in [-0.25, -0.2) is 9.78 Å². The fourth-order valence-corrected chi connectivity index (χ4v) is 6.87. The number of carbonyl (C=O) groups is 2. The number of aryl methyl sites for hydroxylation is 2. The summed E-state index contributed by atoms with van der Waals surface area (Å²) < 4.78 is 6.19. The van der Waals surface area contributed by atoms with Crippen LogP contribution in [0.2, 0.25) is 0 Å². The van der Waals surface area contributed by atoms with Crippen molar-refractivity contribution in [2.45, 2.75) is 41.0 Å². The zero-order valence-corrected chi connectivity index (χ0v) is 24.1. The molecule has 0 unspecified atom stereocenters. The second-order valence-electron chi connectivity index (χ2n) is 12.2. The molecule has 2 heterocycles. The van der Waals surface area contributed by atoms with Crippen LogP contribution in [0.5, 0.6) is 0 Å². The maximum atomic E-state index is 14.0. The summed E-state index contributed by atoms with van der Waals surface area (Å²) in [6.07, 6.45) is 5.26. The topological polar surface area (TPSA) is 83.6 Å². The lowest BCUT2D eigenvalue weighted by molar-refractivity contribution is 0.0679. The first-order valence-electron chi connectivity index (χ1n) is 14.0. The van der Waals surface area contributed by atoms with Crippen molar-refractivity contribution >= 4 is 28.5 Å². The smallest absolute Gasteiger partial charge is 0.335 e. The summed E-state index contributed by atoms with van der Waals surface area (Å²) in [5.74, 6) is -0.509. The molecular formula is C35H34N2O4. The van der Waals surface area contributed by atoms with Gasteiger partial charge in [-0.15, -0.1) is 0 Å². The average Bonchev–Trinajstić information content (AvgIpc) is 3.36. The Kier molecular flexibility index (Phi) is 6.25. The van der Waals surface area contributed by atoms with E-state index in [4.69, 9.17) is 9.40 Å². The van der Waals surface area contributed by atoms with Crippen LogP contribution in [0.1, 0.15) is 64.6 Å². The fourth-order valence-electron chi connectivity index (χ4n) is 6.87. The molecule has 1 amide bonds. The second kappa shape index (κ2) is 9.58. The van der Waals surface area contributed by atoms with E-state index in [0.717, 1.165) is 34.2 Å². The van der Waals surface area contributed by atoms with Gasteiger partial charge in [-0.05, 0) is 72.9 Å². The van der Waals surface area contributed by atoms with Crippen LogP contribution in [0.25, 0.3) is 28.1 Å². The van der Waals surface area contributed by atoms with Crippen molar-refractivity contribution < 1.29 is 19.1 Å². The van der Waals surface area contributed by atoms with Gasteiger partial charge in [0.25, 0.3) is 5.91 Å². The summed E-state index contributed by atoms with van der Waals surface area (Å²) in [5.41, 5.74) is 8.28. The number of hydrogen-bond donors (Lipinski definition) is 1. The molecule has 0 saturated carbocycles. The summed E-state index contributed by atoms with van der Waals surface area (Å²) in [5, 5.41) is 9.30. The first kappa shape index (κ1) is 26.8. The van der Waals surface area contributed by atoms with Gasteiger partial charge in [-0.3, -0.25) is 4.79 Å². The molecule has 6 heteroatoms. The highest BCUT2D eigenvalue weighted by Gasteiger charge is 2.46. The molecule has 0 spiro atoms. The normalized spacial score (nSPS) is 19.9. The zero-order chi connectivity index (χ0) is 29.1. The number of carboxylic acid groups (broad SMARTS) is 1. The Bertz CT molecular complexity index is 1770. The monoisotopic (exact) mass is 546 g/mol. The Hall–Kier alpha value is -4.45. The number of aromatic carboxylic acids is 1. The first-order chi connectivity index (χ1) is 19.5. The molecule has 0 saturated heterocycles. The van der Waals surface area contributed by atoms with Gasteiger partial charge in [-0.2, -0.15) is 0 Å². The van der Waals surface area contributed by atoms with E-state index in [1.165, 1.54) is 11.1 Å². The van der Waals surface area contributed by atoms with Crippen LogP contribution >= 0.6 is 0 Å². The van der Waals surface area contributed by atoms with Gasteiger partial charge in [0.15, 0.2) is 5.58 Å². The van der Waals surface area contributed by atoms with Crippen molar-refractivity contribution in [3.05, 3.63) is 106 Å². The Morgan fingerprint density at radius 3 is 2.44 bits per heavy atom. The number of allylic oxidation sites excluding steroid dienone is 2. The maximum absolute atomic E-state index is 14.0. The third-order valence-corrected chi connectivity index (χ3v) is 8.75. The molecular weight excluding hydrogens is 512 g/mol. The standard InChI is InChI=1S/C35H34N2O4/c1-21-18-22(2)30-28(19-21)36-31(41-30)25-8-6-7-9-26(25)32(38)37-17-15-29-34(3,4)27(14-16-35(29,5)20-37)23-10-12-24(13-11-23)33(39)40/h6-15,18-19H,16-17,20H2,1-5H3,(H,39,40)/t35-/m1/s1. The van der Waals surface area contributed by atoms with Gasteiger partial charge in [0.1, 0.15) is 5.52 Å². The highest BCUT2D eigenvalue weighted by atomic mass is 16.4. The van der Waals surface area contributed by atoms with Crippen molar-refractivity contribution in [1.82, 2.24) is 9.88 Å². The molecule has 0 fully saturated rings. The van der Waals surface area contributed by atoms with Gasteiger partial charge >= 0.3 is 5.97 Å². The summed E-state index contributed by atoms with van der Waals surface area (Å²) in [6, 6.07) is 18.7. The van der Waals surface area contributed by atoms with E-state index in [0.29, 0.717) is 30.1 Å². The van der Waals surface area contributed by atoms with E-state index in [9.17, 15) is 14.7 Å². The largest absolute Gasteiger partial charge is 0.478 e. The number of carbonyl (C=O) groups excluding carboxylic acids is 1. The molecule has 0 bridgehead atoms. The highest BCUT2D eigenvalue weighted by molar-refractivity contribution is 6.00. The van der Waals surface area contributed by atoms with E-state index >= 15 is 0 Å². The van der Waals surface area contributed by atoms with Gasteiger partial charge in [0.05, 0.1) is 11.1 Å². The second-order valence-corrected chi connectivity index (χ2v) is 12.2. The highest BCUT2D eigenvalue weighted by Crippen LogP contribution is 2.55. The SMILES string of the molecule is Cc1cc(C)c2oc(-c3ccccc3C(=O)N3CC=C4C(C)(C)C(c5ccc(C(=O)O)cc5)=CC[C@]4(C)C3)nc2c1. The predicted octanol–water partition coefficient (Wildman–Crippen LogP) is 7.71. The number of oxazole rings is 1. The molecule has 0 radical (unpaired) electrons. The number of carboxylic acids is 1. The summed E-state index contributed by atoms with van der Waals surface area (Å²) in [6.45, 7) is 11.8. The molecule has 1 aliphatic heterocycles. The van der Waals surface area contributed by atoms with Crippen LogP contribution in [-0.2, 0) is 0 Å².